The van der Waals surface area contributed by atoms with E-state index in [1.54, 1.807) is 0 Å². The zero-order chi connectivity index (χ0) is 10.0. The molecule has 0 amide bonds. The van der Waals surface area contributed by atoms with Crippen LogP contribution in [0.2, 0.25) is 0 Å². The van der Waals surface area contributed by atoms with Gasteiger partial charge in [-0.25, -0.2) is 0 Å². The molecule has 0 radical (unpaired) electrons. The third kappa shape index (κ3) is 1.51. The van der Waals surface area contributed by atoms with Gasteiger partial charge in [0.25, 0.3) is 0 Å². The summed E-state index contributed by atoms with van der Waals surface area (Å²) >= 11 is 0. The van der Waals surface area contributed by atoms with Crippen LogP contribution in [-0.2, 0) is 19.2 Å². The number of aldehydes is 1. The third-order valence-corrected chi connectivity index (χ3v) is 1.63. The minimum Gasteiger partial charge on any atom is -0.298 e. The molecule has 0 unspecified atom stereocenters. The fourth-order valence-electron chi connectivity index (χ4n) is 1.04. The summed E-state index contributed by atoms with van der Waals surface area (Å²) in [6.07, 6.45) is 2.55. The molecule has 0 spiro atoms. The van der Waals surface area contributed by atoms with E-state index >= 15 is 0 Å². The Balaban J connectivity index is 3.33. The molecule has 0 atom stereocenters. The van der Waals surface area contributed by atoms with E-state index in [9.17, 15) is 19.2 Å². The van der Waals surface area contributed by atoms with Crippen molar-refractivity contribution in [1.82, 2.24) is 0 Å². The molecule has 4 nitrogen and oxygen atoms in total. The molecule has 0 fully saturated rings. The van der Waals surface area contributed by atoms with Crippen LogP contribution in [0, 0.1) is 0 Å². The van der Waals surface area contributed by atoms with Crippen LogP contribution in [-0.4, -0.2) is 23.6 Å². The highest BCUT2D eigenvalue weighted by Gasteiger charge is 2.26. The van der Waals surface area contributed by atoms with Gasteiger partial charge < -0.3 is 0 Å². The molecule has 0 aliphatic heterocycles. The average Bonchev–Trinajstić information content (AvgIpc) is 2.08. The van der Waals surface area contributed by atoms with Gasteiger partial charge in [-0.05, 0) is 19.1 Å². The van der Waals surface area contributed by atoms with Crippen molar-refractivity contribution in [2.75, 3.05) is 0 Å². The first kappa shape index (κ1) is 9.25. The number of carbonyl (C=O) groups is 4. The smallest absolute Gasteiger partial charge is 0.237 e. The van der Waals surface area contributed by atoms with Crippen molar-refractivity contribution < 1.29 is 19.2 Å². The Morgan fingerprint density at radius 1 is 1.31 bits per heavy atom. The van der Waals surface area contributed by atoms with Crippen LogP contribution in [0.1, 0.15) is 6.92 Å². The molecule has 13 heavy (non-hydrogen) atoms. The van der Waals surface area contributed by atoms with Crippen molar-refractivity contribution in [2.45, 2.75) is 6.92 Å². The maximum Gasteiger partial charge on any atom is 0.237 e. The second-order valence-electron chi connectivity index (χ2n) is 2.53. The van der Waals surface area contributed by atoms with E-state index in [-0.39, 0.29) is 11.1 Å². The van der Waals surface area contributed by atoms with Crippen molar-refractivity contribution in [3.05, 3.63) is 23.3 Å². The van der Waals surface area contributed by atoms with Gasteiger partial charge in [0.2, 0.25) is 11.6 Å². The molecule has 0 heterocycles. The topological polar surface area (TPSA) is 68.3 Å². The molecule has 0 saturated heterocycles. The lowest BCUT2D eigenvalue weighted by Gasteiger charge is -2.05. The van der Waals surface area contributed by atoms with Crippen LogP contribution in [0.5, 0.6) is 0 Å². The molecule has 66 valence electrons. The standard InChI is InChI=1S/C9H6O4/c1-5(11)8-6(4-10)2-3-7(12)9(8)13/h2-4H,1H3. The lowest BCUT2D eigenvalue weighted by molar-refractivity contribution is -0.133. The Labute approximate surface area is 73.9 Å². The minimum atomic E-state index is -0.905. The van der Waals surface area contributed by atoms with Gasteiger partial charge in [0, 0.05) is 5.57 Å². The Morgan fingerprint density at radius 2 is 1.92 bits per heavy atom. The molecule has 4 heteroatoms. The fourth-order valence-corrected chi connectivity index (χ4v) is 1.04. The normalized spacial score (nSPS) is 16.4. The van der Waals surface area contributed by atoms with E-state index in [0.29, 0.717) is 6.29 Å². The number of Topliss-reactive ketones (excluding diaryl/α,β-unsaturated/α-hetero) is 2. The summed E-state index contributed by atoms with van der Waals surface area (Å²) in [6, 6.07) is 0. The number of hydrogen-bond donors (Lipinski definition) is 0. The van der Waals surface area contributed by atoms with Gasteiger partial charge in [0.05, 0.1) is 5.57 Å². The lowest BCUT2D eigenvalue weighted by Crippen LogP contribution is -2.23. The summed E-state index contributed by atoms with van der Waals surface area (Å²) in [7, 11) is 0. The Kier molecular flexibility index (Phi) is 2.32. The van der Waals surface area contributed by atoms with E-state index in [0.717, 1.165) is 13.0 Å². The number of allylic oxidation sites excluding steroid dienone is 4. The minimum absolute atomic E-state index is 0.0305. The van der Waals surface area contributed by atoms with Crippen molar-refractivity contribution in [2.24, 2.45) is 0 Å². The van der Waals surface area contributed by atoms with Crippen LogP contribution in [0.15, 0.2) is 23.3 Å². The predicted octanol–water partition coefficient (Wildman–Crippen LogP) is -0.221. The zero-order valence-electron chi connectivity index (χ0n) is 6.87. The van der Waals surface area contributed by atoms with Crippen molar-refractivity contribution >= 4 is 23.6 Å². The van der Waals surface area contributed by atoms with Crippen LogP contribution >= 0.6 is 0 Å². The quantitative estimate of drug-likeness (QED) is 0.254. The summed E-state index contributed by atoms with van der Waals surface area (Å²) in [4.78, 5) is 43.2. The van der Waals surface area contributed by atoms with Crippen molar-refractivity contribution in [3.63, 3.8) is 0 Å². The molecule has 0 N–H and O–H groups in total. The Morgan fingerprint density at radius 3 is 2.38 bits per heavy atom. The summed E-state index contributed by atoms with van der Waals surface area (Å²) in [5, 5.41) is 0. The first-order chi connectivity index (χ1) is 6.07. The number of ketones is 3. The van der Waals surface area contributed by atoms with Crippen LogP contribution in [0.3, 0.4) is 0 Å². The highest BCUT2D eigenvalue weighted by molar-refractivity contribution is 6.54. The number of carbonyl (C=O) groups excluding carboxylic acids is 4. The number of hydrogen-bond acceptors (Lipinski definition) is 4. The summed E-state index contributed by atoms with van der Waals surface area (Å²) in [6.45, 7) is 1.14. The SMILES string of the molecule is CC(=O)C1=C(C=O)C=CC(=O)C1=O. The van der Waals surface area contributed by atoms with E-state index in [4.69, 9.17) is 0 Å². The first-order valence-corrected chi connectivity index (χ1v) is 3.55. The summed E-state index contributed by atoms with van der Waals surface area (Å²) < 4.78 is 0. The third-order valence-electron chi connectivity index (χ3n) is 1.63. The van der Waals surface area contributed by atoms with Gasteiger partial charge >= 0.3 is 0 Å². The van der Waals surface area contributed by atoms with Gasteiger partial charge in [-0.1, -0.05) is 0 Å². The van der Waals surface area contributed by atoms with Crippen LogP contribution < -0.4 is 0 Å². The summed E-state index contributed by atoms with van der Waals surface area (Å²) in [5.74, 6) is -2.24. The van der Waals surface area contributed by atoms with E-state index in [1.807, 2.05) is 0 Å². The zero-order valence-corrected chi connectivity index (χ0v) is 6.87. The molecule has 0 bridgehead atoms. The van der Waals surface area contributed by atoms with Gasteiger partial charge in [-0.2, -0.15) is 0 Å². The van der Waals surface area contributed by atoms with Gasteiger partial charge in [-0.3, -0.25) is 19.2 Å². The second-order valence-corrected chi connectivity index (χ2v) is 2.53. The van der Waals surface area contributed by atoms with Crippen molar-refractivity contribution in [1.29, 1.82) is 0 Å². The molecule has 1 aliphatic carbocycles. The largest absolute Gasteiger partial charge is 0.298 e. The van der Waals surface area contributed by atoms with E-state index < -0.39 is 17.3 Å². The molecule has 0 aromatic heterocycles. The Bertz CT molecular complexity index is 371. The van der Waals surface area contributed by atoms with Gasteiger partial charge in [-0.15, -0.1) is 0 Å². The summed E-state index contributed by atoms with van der Waals surface area (Å²) in [5.41, 5.74) is -0.348. The van der Waals surface area contributed by atoms with E-state index in [2.05, 4.69) is 0 Å². The fraction of sp³-hybridized carbons (Fsp3) is 0.111. The molecule has 0 saturated carbocycles. The number of rotatable bonds is 2. The lowest BCUT2D eigenvalue weighted by atomic mass is 9.93. The molecular weight excluding hydrogens is 172 g/mol. The molecule has 0 aromatic rings. The maximum atomic E-state index is 11.1. The first-order valence-electron chi connectivity index (χ1n) is 3.55. The van der Waals surface area contributed by atoms with Gasteiger partial charge in [0.15, 0.2) is 12.1 Å². The van der Waals surface area contributed by atoms with Crippen molar-refractivity contribution in [3.8, 4) is 0 Å². The molecule has 1 rings (SSSR count). The highest BCUT2D eigenvalue weighted by atomic mass is 16.2. The maximum absolute atomic E-state index is 11.1. The Hall–Kier alpha value is -1.84. The second kappa shape index (κ2) is 3.26. The highest BCUT2D eigenvalue weighted by Crippen LogP contribution is 2.12. The monoisotopic (exact) mass is 178 g/mol. The van der Waals surface area contributed by atoms with Crippen LogP contribution in [0.25, 0.3) is 0 Å². The predicted molar refractivity (Wildman–Crippen MR) is 42.9 cm³/mol. The molecule has 1 aliphatic rings. The van der Waals surface area contributed by atoms with Gasteiger partial charge in [0.1, 0.15) is 0 Å². The van der Waals surface area contributed by atoms with Crippen LogP contribution in [0.4, 0.5) is 0 Å². The molecule has 0 aromatic carbocycles. The molecular formula is C9H6O4. The van der Waals surface area contributed by atoms with E-state index in [1.165, 1.54) is 6.08 Å². The average molecular weight is 178 g/mol.